The third-order valence-corrected chi connectivity index (χ3v) is 4.66. The van der Waals surface area contributed by atoms with Crippen LogP contribution in [0.25, 0.3) is 0 Å². The molecular formula is C10H11BrClNO2S. The standard InChI is InChI=1S/C10H11BrClNO2S/c11-8-1-4-16-9(8)10(14)13-2-3-15-6-7(13)5-12/h1,4,7H,2-3,5-6H2. The first-order valence-corrected chi connectivity index (χ1v) is 7.12. The average molecular weight is 325 g/mol. The number of carbonyl (C=O) groups is 1. The van der Waals surface area contributed by atoms with Gasteiger partial charge in [0.25, 0.3) is 5.91 Å². The fraction of sp³-hybridized carbons (Fsp3) is 0.500. The lowest BCUT2D eigenvalue weighted by molar-refractivity contribution is 0.00479. The number of hydrogen-bond donors (Lipinski definition) is 0. The third-order valence-electron chi connectivity index (χ3n) is 2.48. The van der Waals surface area contributed by atoms with Crippen LogP contribution in [0.2, 0.25) is 0 Å². The molecule has 1 aliphatic rings. The van der Waals surface area contributed by atoms with E-state index in [1.807, 2.05) is 11.4 Å². The zero-order chi connectivity index (χ0) is 11.5. The van der Waals surface area contributed by atoms with E-state index in [2.05, 4.69) is 15.9 Å². The minimum Gasteiger partial charge on any atom is -0.377 e. The van der Waals surface area contributed by atoms with Gasteiger partial charge in [0.1, 0.15) is 4.88 Å². The Bertz CT molecular complexity index is 385. The van der Waals surface area contributed by atoms with E-state index in [0.717, 1.165) is 9.35 Å². The summed E-state index contributed by atoms with van der Waals surface area (Å²) in [4.78, 5) is 14.8. The van der Waals surface area contributed by atoms with Crippen LogP contribution in [0, 0.1) is 0 Å². The van der Waals surface area contributed by atoms with Crippen LogP contribution in [-0.4, -0.2) is 42.5 Å². The number of carbonyl (C=O) groups excluding carboxylic acids is 1. The van der Waals surface area contributed by atoms with E-state index in [1.54, 1.807) is 4.90 Å². The summed E-state index contributed by atoms with van der Waals surface area (Å²) in [5.41, 5.74) is 0. The van der Waals surface area contributed by atoms with Gasteiger partial charge in [0.05, 0.1) is 19.3 Å². The molecule has 1 saturated heterocycles. The maximum absolute atomic E-state index is 12.2. The first kappa shape index (κ1) is 12.4. The lowest BCUT2D eigenvalue weighted by Crippen LogP contribution is -2.49. The van der Waals surface area contributed by atoms with Gasteiger partial charge in [-0.25, -0.2) is 0 Å². The second kappa shape index (κ2) is 5.49. The van der Waals surface area contributed by atoms with Crippen molar-refractivity contribution >= 4 is 44.8 Å². The van der Waals surface area contributed by atoms with E-state index in [1.165, 1.54) is 11.3 Å². The lowest BCUT2D eigenvalue weighted by atomic mass is 10.2. The Labute approximate surface area is 111 Å². The van der Waals surface area contributed by atoms with E-state index in [0.29, 0.717) is 25.6 Å². The first-order chi connectivity index (χ1) is 7.74. The number of morpholine rings is 1. The van der Waals surface area contributed by atoms with Crippen molar-refractivity contribution in [3.8, 4) is 0 Å². The van der Waals surface area contributed by atoms with E-state index >= 15 is 0 Å². The Morgan fingerprint density at radius 3 is 3.19 bits per heavy atom. The number of rotatable bonds is 2. The van der Waals surface area contributed by atoms with Crippen LogP contribution in [0.4, 0.5) is 0 Å². The molecule has 0 saturated carbocycles. The van der Waals surface area contributed by atoms with Crippen LogP contribution in [0.5, 0.6) is 0 Å². The molecule has 0 aromatic carbocycles. The monoisotopic (exact) mass is 323 g/mol. The molecule has 0 radical (unpaired) electrons. The molecule has 2 heterocycles. The predicted molar refractivity (Wildman–Crippen MR) is 68.4 cm³/mol. The van der Waals surface area contributed by atoms with Gasteiger partial charge in [0.2, 0.25) is 0 Å². The van der Waals surface area contributed by atoms with Crippen molar-refractivity contribution in [1.82, 2.24) is 4.90 Å². The van der Waals surface area contributed by atoms with Gasteiger partial charge in [-0.3, -0.25) is 4.79 Å². The van der Waals surface area contributed by atoms with Crippen LogP contribution in [0.15, 0.2) is 15.9 Å². The summed E-state index contributed by atoms with van der Waals surface area (Å²) in [5.74, 6) is 0.449. The quantitative estimate of drug-likeness (QED) is 0.783. The summed E-state index contributed by atoms with van der Waals surface area (Å²) < 4.78 is 6.16. The number of nitrogens with zero attached hydrogens (tertiary/aromatic N) is 1. The number of alkyl halides is 1. The number of thiophene rings is 1. The van der Waals surface area contributed by atoms with E-state index in [9.17, 15) is 4.79 Å². The molecule has 1 atom stereocenters. The molecule has 2 rings (SSSR count). The average Bonchev–Trinajstić information content (AvgIpc) is 2.74. The molecule has 0 spiro atoms. The maximum Gasteiger partial charge on any atom is 0.265 e. The summed E-state index contributed by atoms with van der Waals surface area (Å²) >= 11 is 10.7. The Hall–Kier alpha value is -0.100. The summed E-state index contributed by atoms with van der Waals surface area (Å²) in [6.45, 7) is 1.72. The van der Waals surface area contributed by atoms with Gasteiger partial charge in [-0.05, 0) is 27.4 Å². The van der Waals surface area contributed by atoms with Crippen molar-refractivity contribution in [2.75, 3.05) is 25.6 Å². The summed E-state index contributed by atoms with van der Waals surface area (Å²) in [5, 5.41) is 1.90. The van der Waals surface area contributed by atoms with E-state index < -0.39 is 0 Å². The lowest BCUT2D eigenvalue weighted by Gasteiger charge is -2.34. The molecular weight excluding hydrogens is 314 g/mol. The minimum absolute atomic E-state index is 0.0167. The second-order valence-corrected chi connectivity index (χ2v) is 5.56. The van der Waals surface area contributed by atoms with Gasteiger partial charge >= 0.3 is 0 Å². The molecule has 16 heavy (non-hydrogen) atoms. The molecule has 1 unspecified atom stereocenters. The Morgan fingerprint density at radius 1 is 1.75 bits per heavy atom. The Balaban J connectivity index is 2.17. The first-order valence-electron chi connectivity index (χ1n) is 4.91. The fourth-order valence-electron chi connectivity index (χ4n) is 1.63. The minimum atomic E-state index is -0.0167. The van der Waals surface area contributed by atoms with Crippen molar-refractivity contribution < 1.29 is 9.53 Å². The topological polar surface area (TPSA) is 29.5 Å². The van der Waals surface area contributed by atoms with Crippen LogP contribution in [-0.2, 0) is 4.74 Å². The van der Waals surface area contributed by atoms with Gasteiger partial charge in [0.15, 0.2) is 0 Å². The highest BCUT2D eigenvalue weighted by Gasteiger charge is 2.28. The molecule has 1 aromatic heterocycles. The summed E-state index contributed by atoms with van der Waals surface area (Å²) in [6.07, 6.45) is 0. The highest BCUT2D eigenvalue weighted by Crippen LogP contribution is 2.25. The highest BCUT2D eigenvalue weighted by molar-refractivity contribution is 9.10. The number of hydrogen-bond acceptors (Lipinski definition) is 3. The Kier molecular flexibility index (Phi) is 4.24. The second-order valence-electron chi connectivity index (χ2n) is 3.48. The fourth-order valence-corrected chi connectivity index (χ4v) is 3.38. The van der Waals surface area contributed by atoms with Crippen molar-refractivity contribution in [2.24, 2.45) is 0 Å². The SMILES string of the molecule is O=C(c1sccc1Br)N1CCOCC1CCl. The van der Waals surface area contributed by atoms with Gasteiger partial charge in [-0.15, -0.1) is 22.9 Å². The van der Waals surface area contributed by atoms with Crippen LogP contribution >= 0.6 is 38.9 Å². The van der Waals surface area contributed by atoms with Crippen LogP contribution in [0.1, 0.15) is 9.67 Å². The molecule has 1 aromatic rings. The van der Waals surface area contributed by atoms with Crippen molar-refractivity contribution in [1.29, 1.82) is 0 Å². The van der Waals surface area contributed by atoms with E-state index in [-0.39, 0.29) is 11.9 Å². The van der Waals surface area contributed by atoms with Crippen molar-refractivity contribution in [2.45, 2.75) is 6.04 Å². The van der Waals surface area contributed by atoms with Crippen molar-refractivity contribution in [3.05, 3.63) is 20.8 Å². The normalized spacial score (nSPS) is 21.1. The Morgan fingerprint density at radius 2 is 2.56 bits per heavy atom. The third kappa shape index (κ3) is 2.42. The smallest absolute Gasteiger partial charge is 0.265 e. The predicted octanol–water partition coefficient (Wildman–Crippen LogP) is 2.59. The molecule has 0 bridgehead atoms. The zero-order valence-corrected chi connectivity index (χ0v) is 11.6. The summed E-state index contributed by atoms with van der Waals surface area (Å²) in [6, 6.07) is 1.87. The molecule has 3 nitrogen and oxygen atoms in total. The van der Waals surface area contributed by atoms with Gasteiger partial charge in [-0.1, -0.05) is 0 Å². The molecule has 6 heteroatoms. The maximum atomic E-state index is 12.2. The largest absolute Gasteiger partial charge is 0.377 e. The molecule has 88 valence electrons. The molecule has 1 fully saturated rings. The van der Waals surface area contributed by atoms with Gasteiger partial charge in [-0.2, -0.15) is 0 Å². The highest BCUT2D eigenvalue weighted by atomic mass is 79.9. The molecule has 0 N–H and O–H groups in total. The van der Waals surface area contributed by atoms with Crippen LogP contribution < -0.4 is 0 Å². The van der Waals surface area contributed by atoms with Crippen molar-refractivity contribution in [3.63, 3.8) is 0 Å². The number of halogens is 2. The van der Waals surface area contributed by atoms with E-state index in [4.69, 9.17) is 16.3 Å². The van der Waals surface area contributed by atoms with Gasteiger partial charge < -0.3 is 9.64 Å². The number of amides is 1. The van der Waals surface area contributed by atoms with Gasteiger partial charge in [0, 0.05) is 16.9 Å². The zero-order valence-electron chi connectivity index (χ0n) is 8.49. The van der Waals surface area contributed by atoms with Crippen LogP contribution in [0.3, 0.4) is 0 Å². The molecule has 1 amide bonds. The molecule has 1 aliphatic heterocycles. The molecule has 0 aliphatic carbocycles. The number of ether oxygens (including phenoxy) is 1. The summed E-state index contributed by atoms with van der Waals surface area (Å²) in [7, 11) is 0.